The highest BCUT2D eigenvalue weighted by Crippen LogP contribution is 2.30. The predicted octanol–water partition coefficient (Wildman–Crippen LogP) is 3.13. The molecule has 1 aromatic rings. The van der Waals surface area contributed by atoms with Gasteiger partial charge in [0.05, 0.1) is 17.7 Å². The molecule has 0 fully saturated rings. The van der Waals surface area contributed by atoms with E-state index in [4.69, 9.17) is 6.42 Å². The Morgan fingerprint density at radius 3 is 2.65 bits per heavy atom. The molecule has 0 amide bonds. The lowest BCUT2D eigenvalue weighted by atomic mass is 10.0. The first-order valence-corrected chi connectivity index (χ1v) is 6.43. The van der Waals surface area contributed by atoms with Crippen molar-refractivity contribution in [2.75, 3.05) is 6.54 Å². The fraction of sp³-hybridized carbons (Fsp3) is 0.467. The smallest absolute Gasteiger partial charge is 0.387 e. The minimum absolute atomic E-state index is 0.121. The van der Waals surface area contributed by atoms with Crippen molar-refractivity contribution >= 4 is 0 Å². The van der Waals surface area contributed by atoms with Gasteiger partial charge in [0, 0.05) is 6.54 Å². The molecule has 0 aliphatic carbocycles. The summed E-state index contributed by atoms with van der Waals surface area (Å²) >= 11 is 0. The first-order valence-electron chi connectivity index (χ1n) is 6.43. The Hall–Kier alpha value is -1.51. The van der Waals surface area contributed by atoms with Crippen LogP contribution in [-0.4, -0.2) is 17.7 Å². The molecule has 20 heavy (non-hydrogen) atoms. The van der Waals surface area contributed by atoms with Crippen LogP contribution in [0.25, 0.3) is 0 Å². The zero-order valence-corrected chi connectivity index (χ0v) is 11.2. The number of aliphatic hydroxyl groups is 1. The average molecular weight is 285 g/mol. The topological polar surface area (TPSA) is 32.3 Å². The largest absolute Gasteiger partial charge is 0.416 e. The Balaban J connectivity index is 2.68. The highest BCUT2D eigenvalue weighted by molar-refractivity contribution is 5.27. The number of terminal acetylenes is 1. The van der Waals surface area contributed by atoms with Crippen molar-refractivity contribution in [3.05, 3.63) is 35.4 Å². The van der Waals surface area contributed by atoms with E-state index in [0.29, 0.717) is 0 Å². The van der Waals surface area contributed by atoms with Gasteiger partial charge < -0.3 is 10.4 Å². The fourth-order valence-electron chi connectivity index (χ4n) is 1.83. The molecule has 0 spiro atoms. The van der Waals surface area contributed by atoms with E-state index in [2.05, 4.69) is 11.2 Å². The fourth-order valence-corrected chi connectivity index (χ4v) is 1.83. The van der Waals surface area contributed by atoms with Crippen LogP contribution in [0.15, 0.2) is 24.3 Å². The van der Waals surface area contributed by atoms with Gasteiger partial charge in [-0.3, -0.25) is 0 Å². The molecular formula is C15H18F3NO. The van der Waals surface area contributed by atoms with Crippen molar-refractivity contribution in [3.8, 4) is 12.3 Å². The Morgan fingerprint density at radius 1 is 1.40 bits per heavy atom. The minimum atomic E-state index is -4.41. The van der Waals surface area contributed by atoms with Crippen molar-refractivity contribution in [2.24, 2.45) is 0 Å². The number of aliphatic hydroxyl groups excluding tert-OH is 1. The summed E-state index contributed by atoms with van der Waals surface area (Å²) in [4.78, 5) is 0. The molecule has 0 saturated carbocycles. The maximum atomic E-state index is 12.6. The molecule has 110 valence electrons. The summed E-state index contributed by atoms with van der Waals surface area (Å²) in [6.07, 6.45) is 1.54. The molecule has 0 aliphatic rings. The number of rotatable bonds is 6. The lowest BCUT2D eigenvalue weighted by molar-refractivity contribution is -0.137. The summed E-state index contributed by atoms with van der Waals surface area (Å²) in [7, 11) is 0. The number of alkyl halides is 3. The van der Waals surface area contributed by atoms with Gasteiger partial charge in [0.25, 0.3) is 0 Å². The summed E-state index contributed by atoms with van der Waals surface area (Å²) in [5.41, 5.74) is -0.546. The number of nitrogens with one attached hydrogen (secondary N) is 1. The van der Waals surface area contributed by atoms with Crippen molar-refractivity contribution in [2.45, 2.75) is 38.1 Å². The van der Waals surface area contributed by atoms with Gasteiger partial charge in [0.1, 0.15) is 0 Å². The molecule has 2 nitrogen and oxygen atoms in total. The van der Waals surface area contributed by atoms with Gasteiger partial charge in [-0.25, -0.2) is 0 Å². The maximum absolute atomic E-state index is 12.6. The van der Waals surface area contributed by atoms with Crippen LogP contribution in [0.2, 0.25) is 0 Å². The summed E-state index contributed by atoms with van der Waals surface area (Å²) in [6, 6.07) is 4.50. The molecule has 0 aromatic heterocycles. The summed E-state index contributed by atoms with van der Waals surface area (Å²) in [5.74, 6) is 2.54. The number of hydrogen-bond acceptors (Lipinski definition) is 2. The van der Waals surface area contributed by atoms with E-state index >= 15 is 0 Å². The summed E-state index contributed by atoms with van der Waals surface area (Å²) < 4.78 is 37.7. The predicted molar refractivity (Wildman–Crippen MR) is 71.9 cm³/mol. The molecule has 2 unspecified atom stereocenters. The second kappa shape index (κ2) is 7.32. The summed E-state index contributed by atoms with van der Waals surface area (Å²) in [6.45, 7) is 2.10. The van der Waals surface area contributed by atoms with E-state index in [0.717, 1.165) is 25.0 Å². The van der Waals surface area contributed by atoms with E-state index in [1.807, 2.05) is 6.92 Å². The van der Waals surface area contributed by atoms with Crippen LogP contribution < -0.4 is 5.32 Å². The van der Waals surface area contributed by atoms with Crippen molar-refractivity contribution < 1.29 is 18.3 Å². The standard InChI is InChI=1S/C15H18F3NO/c1-3-6-13(4-2)19-10-14(20)11-7-5-8-12(9-11)15(16,17)18/h2,5,7-9,13-14,19-20H,3,6,10H2,1H3. The van der Waals surface area contributed by atoms with Gasteiger partial charge >= 0.3 is 6.18 Å². The molecule has 0 aliphatic heterocycles. The molecule has 0 saturated heterocycles. The second-order valence-corrected chi connectivity index (χ2v) is 4.56. The van der Waals surface area contributed by atoms with Gasteiger partial charge in [-0.05, 0) is 24.1 Å². The number of halogens is 3. The Bertz CT molecular complexity index is 465. The molecule has 0 heterocycles. The van der Waals surface area contributed by atoms with E-state index in [1.165, 1.54) is 12.1 Å². The van der Waals surface area contributed by atoms with Crippen LogP contribution in [0.1, 0.15) is 37.0 Å². The number of hydrogen-bond donors (Lipinski definition) is 2. The Morgan fingerprint density at radius 2 is 2.10 bits per heavy atom. The van der Waals surface area contributed by atoms with Crippen LogP contribution in [0.5, 0.6) is 0 Å². The van der Waals surface area contributed by atoms with E-state index < -0.39 is 17.8 Å². The van der Waals surface area contributed by atoms with Crippen LogP contribution in [0, 0.1) is 12.3 Å². The third-order valence-corrected chi connectivity index (χ3v) is 2.93. The van der Waals surface area contributed by atoms with Crippen LogP contribution in [-0.2, 0) is 6.18 Å². The number of benzene rings is 1. The molecule has 1 aromatic carbocycles. The zero-order valence-electron chi connectivity index (χ0n) is 11.2. The highest BCUT2D eigenvalue weighted by Gasteiger charge is 2.30. The molecular weight excluding hydrogens is 267 g/mol. The van der Waals surface area contributed by atoms with Gasteiger partial charge in [-0.2, -0.15) is 13.2 Å². The Kier molecular flexibility index (Phi) is 6.05. The first-order chi connectivity index (χ1) is 9.38. The SMILES string of the molecule is C#CC(CCC)NCC(O)c1cccc(C(F)(F)F)c1. The quantitative estimate of drug-likeness (QED) is 0.787. The van der Waals surface area contributed by atoms with Crippen molar-refractivity contribution in [1.29, 1.82) is 0 Å². The molecule has 0 radical (unpaired) electrons. The minimum Gasteiger partial charge on any atom is -0.387 e. The van der Waals surface area contributed by atoms with Crippen molar-refractivity contribution in [1.82, 2.24) is 5.32 Å². The third-order valence-electron chi connectivity index (χ3n) is 2.93. The summed E-state index contributed by atoms with van der Waals surface area (Å²) in [5, 5.41) is 12.9. The van der Waals surface area contributed by atoms with E-state index in [9.17, 15) is 18.3 Å². The molecule has 2 N–H and O–H groups in total. The van der Waals surface area contributed by atoms with Crippen LogP contribution >= 0.6 is 0 Å². The highest BCUT2D eigenvalue weighted by atomic mass is 19.4. The normalized spacial score (nSPS) is 14.6. The third kappa shape index (κ3) is 4.87. The van der Waals surface area contributed by atoms with E-state index in [1.54, 1.807) is 0 Å². The lowest BCUT2D eigenvalue weighted by Gasteiger charge is -2.17. The average Bonchev–Trinajstić information content (AvgIpc) is 2.42. The first kappa shape index (κ1) is 16.5. The Labute approximate surface area is 117 Å². The van der Waals surface area contributed by atoms with Crippen molar-refractivity contribution in [3.63, 3.8) is 0 Å². The monoisotopic (exact) mass is 285 g/mol. The van der Waals surface area contributed by atoms with Gasteiger partial charge in [-0.15, -0.1) is 6.42 Å². The molecule has 0 bridgehead atoms. The molecule has 5 heteroatoms. The second-order valence-electron chi connectivity index (χ2n) is 4.56. The van der Waals surface area contributed by atoms with Crippen LogP contribution in [0.3, 0.4) is 0 Å². The zero-order chi connectivity index (χ0) is 15.2. The lowest BCUT2D eigenvalue weighted by Crippen LogP contribution is -2.31. The maximum Gasteiger partial charge on any atom is 0.416 e. The molecule has 2 atom stereocenters. The van der Waals surface area contributed by atoms with Gasteiger partial charge in [0.15, 0.2) is 0 Å². The van der Waals surface area contributed by atoms with Gasteiger partial charge in [0.2, 0.25) is 0 Å². The molecule has 1 rings (SSSR count). The van der Waals surface area contributed by atoms with Gasteiger partial charge in [-0.1, -0.05) is 31.4 Å². The van der Waals surface area contributed by atoms with Crippen LogP contribution in [0.4, 0.5) is 13.2 Å². The van der Waals surface area contributed by atoms with E-state index in [-0.39, 0.29) is 18.2 Å².